The summed E-state index contributed by atoms with van der Waals surface area (Å²) in [7, 11) is 0. The van der Waals surface area contributed by atoms with E-state index in [0.29, 0.717) is 28.6 Å². The van der Waals surface area contributed by atoms with Crippen molar-refractivity contribution < 1.29 is 14.3 Å². The lowest BCUT2D eigenvalue weighted by atomic mass is 10.2. The number of hydrogen-bond acceptors (Lipinski definition) is 3. The van der Waals surface area contributed by atoms with Gasteiger partial charge >= 0.3 is 0 Å². The molecule has 2 rings (SSSR count). The summed E-state index contributed by atoms with van der Waals surface area (Å²) >= 11 is 5.78. The molecule has 0 saturated carbocycles. The molecule has 0 atom stereocenters. The van der Waals surface area contributed by atoms with E-state index in [1.165, 1.54) is 0 Å². The number of benzene rings is 2. The van der Waals surface area contributed by atoms with Crippen LogP contribution in [0.5, 0.6) is 5.75 Å². The largest absolute Gasteiger partial charge is 0.484 e. The molecule has 0 spiro atoms. The van der Waals surface area contributed by atoms with Gasteiger partial charge in [-0.15, -0.1) is 0 Å². The second kappa shape index (κ2) is 8.19. The number of nitrogens with one attached hydrogen (secondary N) is 2. The van der Waals surface area contributed by atoms with E-state index in [4.69, 9.17) is 16.3 Å². The van der Waals surface area contributed by atoms with Crippen LogP contribution < -0.4 is 15.4 Å². The van der Waals surface area contributed by atoms with Crippen molar-refractivity contribution in [2.75, 3.05) is 17.2 Å². The lowest BCUT2D eigenvalue weighted by Crippen LogP contribution is -2.20. The van der Waals surface area contributed by atoms with E-state index >= 15 is 0 Å². The van der Waals surface area contributed by atoms with Crippen molar-refractivity contribution in [1.29, 1.82) is 0 Å². The quantitative estimate of drug-likeness (QED) is 0.847. The molecule has 0 heterocycles. The summed E-state index contributed by atoms with van der Waals surface area (Å²) in [6.45, 7) is 1.66. The summed E-state index contributed by atoms with van der Waals surface area (Å²) in [5.41, 5.74) is 1.22. The third kappa shape index (κ3) is 5.64. The summed E-state index contributed by atoms with van der Waals surface area (Å²) in [6.07, 6.45) is 0.394. The van der Waals surface area contributed by atoms with Crippen LogP contribution in [0.4, 0.5) is 11.4 Å². The molecule has 23 heavy (non-hydrogen) atoms. The highest BCUT2D eigenvalue weighted by Gasteiger charge is 2.05. The third-order valence-electron chi connectivity index (χ3n) is 2.93. The molecule has 0 fully saturated rings. The Kier molecular flexibility index (Phi) is 6.00. The molecule has 2 amide bonds. The molecule has 6 heteroatoms. The van der Waals surface area contributed by atoms with E-state index in [2.05, 4.69) is 10.6 Å². The van der Waals surface area contributed by atoms with Gasteiger partial charge in [0.25, 0.3) is 5.91 Å². The fourth-order valence-electron chi connectivity index (χ4n) is 1.80. The van der Waals surface area contributed by atoms with Crippen LogP contribution in [0.1, 0.15) is 13.3 Å². The predicted octanol–water partition coefficient (Wildman–Crippen LogP) is 3.71. The summed E-state index contributed by atoms with van der Waals surface area (Å²) in [5.74, 6) is 0.187. The molecule has 5 nitrogen and oxygen atoms in total. The number of carbonyl (C=O) groups is 2. The van der Waals surface area contributed by atoms with Gasteiger partial charge in [0.2, 0.25) is 5.91 Å². The predicted molar refractivity (Wildman–Crippen MR) is 90.9 cm³/mol. The standard InChI is InChI=1S/C17H17ClN2O3/c1-2-16(21)19-13-4-3-5-14(10-13)20-17(22)11-23-15-8-6-12(18)7-9-15/h3-10H,2,11H2,1H3,(H,19,21)(H,20,22). The van der Waals surface area contributed by atoms with Gasteiger partial charge in [-0.2, -0.15) is 0 Å². The van der Waals surface area contributed by atoms with Crippen LogP contribution in [0, 0.1) is 0 Å². The first-order chi connectivity index (χ1) is 11.1. The van der Waals surface area contributed by atoms with Crippen LogP contribution in [-0.4, -0.2) is 18.4 Å². The average molecular weight is 333 g/mol. The van der Waals surface area contributed by atoms with Crippen molar-refractivity contribution in [2.24, 2.45) is 0 Å². The topological polar surface area (TPSA) is 67.4 Å². The number of hydrogen-bond donors (Lipinski definition) is 2. The highest BCUT2D eigenvalue weighted by molar-refractivity contribution is 6.30. The molecule has 0 aromatic heterocycles. The average Bonchev–Trinajstić information content (AvgIpc) is 2.54. The van der Waals surface area contributed by atoms with Crippen molar-refractivity contribution in [3.05, 3.63) is 53.6 Å². The Morgan fingerprint density at radius 2 is 1.61 bits per heavy atom. The Morgan fingerprint density at radius 3 is 2.22 bits per heavy atom. The molecule has 2 aromatic carbocycles. The van der Waals surface area contributed by atoms with E-state index in [1.807, 2.05) is 0 Å². The van der Waals surface area contributed by atoms with Crippen molar-refractivity contribution in [1.82, 2.24) is 0 Å². The maximum absolute atomic E-state index is 11.9. The van der Waals surface area contributed by atoms with E-state index in [0.717, 1.165) is 0 Å². The first-order valence-electron chi connectivity index (χ1n) is 7.15. The zero-order valence-corrected chi connectivity index (χ0v) is 13.4. The zero-order valence-electron chi connectivity index (χ0n) is 12.6. The number of carbonyl (C=O) groups excluding carboxylic acids is 2. The van der Waals surface area contributed by atoms with E-state index in [9.17, 15) is 9.59 Å². The minimum absolute atomic E-state index is 0.0838. The molecule has 0 aliphatic carbocycles. The molecular formula is C17H17ClN2O3. The van der Waals surface area contributed by atoms with Gasteiger partial charge in [-0.1, -0.05) is 24.6 Å². The lowest BCUT2D eigenvalue weighted by molar-refractivity contribution is -0.118. The van der Waals surface area contributed by atoms with Crippen LogP contribution in [0.3, 0.4) is 0 Å². The smallest absolute Gasteiger partial charge is 0.262 e. The van der Waals surface area contributed by atoms with Crippen molar-refractivity contribution >= 4 is 34.8 Å². The molecular weight excluding hydrogens is 316 g/mol. The Labute approximate surface area is 139 Å². The van der Waals surface area contributed by atoms with Gasteiger partial charge in [0, 0.05) is 22.8 Å². The van der Waals surface area contributed by atoms with E-state index < -0.39 is 0 Å². The van der Waals surface area contributed by atoms with Crippen LogP contribution in [0.15, 0.2) is 48.5 Å². The zero-order chi connectivity index (χ0) is 16.7. The SMILES string of the molecule is CCC(=O)Nc1cccc(NC(=O)COc2ccc(Cl)cc2)c1. The summed E-state index contributed by atoms with van der Waals surface area (Å²) in [4.78, 5) is 23.3. The van der Waals surface area contributed by atoms with Crippen LogP contribution in [-0.2, 0) is 9.59 Å². The number of halogens is 1. The third-order valence-corrected chi connectivity index (χ3v) is 3.19. The molecule has 2 aromatic rings. The van der Waals surface area contributed by atoms with Crippen molar-refractivity contribution in [3.8, 4) is 5.75 Å². The van der Waals surface area contributed by atoms with E-state index in [-0.39, 0.29) is 18.4 Å². The van der Waals surface area contributed by atoms with Crippen molar-refractivity contribution in [3.63, 3.8) is 0 Å². The first kappa shape index (κ1) is 16.8. The second-order valence-electron chi connectivity index (χ2n) is 4.77. The molecule has 0 radical (unpaired) electrons. The van der Waals surface area contributed by atoms with Crippen LogP contribution in [0.2, 0.25) is 5.02 Å². The Bertz CT molecular complexity index is 686. The Balaban J connectivity index is 1.88. The lowest BCUT2D eigenvalue weighted by Gasteiger charge is -2.09. The van der Waals surface area contributed by atoms with Gasteiger partial charge in [-0.05, 0) is 42.5 Å². The van der Waals surface area contributed by atoms with Crippen molar-refractivity contribution in [2.45, 2.75) is 13.3 Å². The number of ether oxygens (including phenoxy) is 1. The van der Waals surface area contributed by atoms with Gasteiger partial charge < -0.3 is 15.4 Å². The summed E-state index contributed by atoms with van der Waals surface area (Å²) in [5, 5.41) is 6.05. The van der Waals surface area contributed by atoms with Gasteiger partial charge in [-0.25, -0.2) is 0 Å². The molecule has 2 N–H and O–H groups in total. The minimum Gasteiger partial charge on any atom is -0.484 e. The summed E-state index contributed by atoms with van der Waals surface area (Å²) < 4.78 is 5.37. The maximum atomic E-state index is 11.9. The molecule has 0 aliphatic heterocycles. The van der Waals surface area contributed by atoms with Crippen LogP contribution in [0.25, 0.3) is 0 Å². The highest BCUT2D eigenvalue weighted by Crippen LogP contribution is 2.17. The molecule has 0 saturated heterocycles. The number of anilines is 2. The molecule has 120 valence electrons. The summed E-state index contributed by atoms with van der Waals surface area (Å²) in [6, 6.07) is 13.7. The fourth-order valence-corrected chi connectivity index (χ4v) is 1.93. The van der Waals surface area contributed by atoms with Gasteiger partial charge in [0.15, 0.2) is 6.61 Å². The highest BCUT2D eigenvalue weighted by atomic mass is 35.5. The first-order valence-corrected chi connectivity index (χ1v) is 7.52. The van der Waals surface area contributed by atoms with Crippen LogP contribution >= 0.6 is 11.6 Å². The number of rotatable bonds is 6. The van der Waals surface area contributed by atoms with Gasteiger partial charge in [0.1, 0.15) is 5.75 Å². The minimum atomic E-state index is -0.293. The second-order valence-corrected chi connectivity index (χ2v) is 5.21. The van der Waals surface area contributed by atoms with E-state index in [1.54, 1.807) is 55.5 Å². The molecule has 0 bridgehead atoms. The molecule has 0 aliphatic rings. The fraction of sp³-hybridized carbons (Fsp3) is 0.176. The van der Waals surface area contributed by atoms with Gasteiger partial charge in [-0.3, -0.25) is 9.59 Å². The Morgan fingerprint density at radius 1 is 1.00 bits per heavy atom. The molecule has 0 unspecified atom stereocenters. The monoisotopic (exact) mass is 332 g/mol. The Hall–Kier alpha value is -2.53. The maximum Gasteiger partial charge on any atom is 0.262 e. The number of amides is 2. The van der Waals surface area contributed by atoms with Gasteiger partial charge in [0.05, 0.1) is 0 Å². The normalized spacial score (nSPS) is 10.0.